The first-order valence-electron chi connectivity index (χ1n) is 6.43. The van der Waals surface area contributed by atoms with E-state index in [0.717, 1.165) is 6.54 Å². The number of rotatable bonds is 3. The Labute approximate surface area is 110 Å². The highest BCUT2D eigenvalue weighted by Gasteiger charge is 2.08. The zero-order valence-electron chi connectivity index (χ0n) is 11.7. The second-order valence-corrected chi connectivity index (χ2v) is 5.01. The zero-order valence-corrected chi connectivity index (χ0v) is 11.7. The van der Waals surface area contributed by atoms with Crippen molar-refractivity contribution in [2.45, 2.75) is 27.3 Å². The van der Waals surface area contributed by atoms with E-state index in [9.17, 15) is 0 Å². The summed E-state index contributed by atoms with van der Waals surface area (Å²) in [7, 11) is 1.99. The Bertz CT molecular complexity index is 556. The van der Waals surface area contributed by atoms with Crippen LogP contribution in [-0.4, -0.2) is 7.05 Å². The van der Waals surface area contributed by atoms with Crippen LogP contribution in [0.3, 0.4) is 0 Å². The van der Waals surface area contributed by atoms with Gasteiger partial charge in [0.1, 0.15) is 0 Å². The third-order valence-electron chi connectivity index (χ3n) is 3.32. The second kappa shape index (κ2) is 5.36. The SMILES string of the molecule is CNCc1ccc(C)cc1-c1cc(C)ccc1C. The number of benzene rings is 2. The minimum Gasteiger partial charge on any atom is -0.316 e. The quantitative estimate of drug-likeness (QED) is 0.853. The highest BCUT2D eigenvalue weighted by atomic mass is 14.8. The van der Waals surface area contributed by atoms with E-state index in [1.807, 2.05) is 7.05 Å². The van der Waals surface area contributed by atoms with E-state index in [2.05, 4.69) is 62.5 Å². The van der Waals surface area contributed by atoms with Crippen molar-refractivity contribution in [3.05, 3.63) is 58.7 Å². The van der Waals surface area contributed by atoms with E-state index in [1.54, 1.807) is 0 Å². The molecule has 0 heterocycles. The molecule has 0 fully saturated rings. The fourth-order valence-electron chi connectivity index (χ4n) is 2.31. The maximum absolute atomic E-state index is 3.25. The molecule has 0 radical (unpaired) electrons. The van der Waals surface area contributed by atoms with Crippen LogP contribution in [0, 0.1) is 20.8 Å². The fraction of sp³-hybridized carbons (Fsp3) is 0.294. The van der Waals surface area contributed by atoms with Gasteiger partial charge in [0.2, 0.25) is 0 Å². The number of nitrogens with one attached hydrogen (secondary N) is 1. The van der Waals surface area contributed by atoms with E-state index < -0.39 is 0 Å². The highest BCUT2D eigenvalue weighted by molar-refractivity contribution is 5.71. The molecule has 0 spiro atoms. The van der Waals surface area contributed by atoms with E-state index in [-0.39, 0.29) is 0 Å². The van der Waals surface area contributed by atoms with Crippen LogP contribution in [0.1, 0.15) is 22.3 Å². The highest BCUT2D eigenvalue weighted by Crippen LogP contribution is 2.28. The lowest BCUT2D eigenvalue weighted by molar-refractivity contribution is 0.819. The van der Waals surface area contributed by atoms with Gasteiger partial charge < -0.3 is 5.32 Å². The van der Waals surface area contributed by atoms with Gasteiger partial charge in [0.15, 0.2) is 0 Å². The van der Waals surface area contributed by atoms with Crippen LogP contribution >= 0.6 is 0 Å². The molecule has 94 valence electrons. The maximum Gasteiger partial charge on any atom is 0.0208 e. The Morgan fingerprint density at radius 2 is 1.44 bits per heavy atom. The van der Waals surface area contributed by atoms with Crippen LogP contribution in [0.25, 0.3) is 11.1 Å². The molecular weight excluding hydrogens is 218 g/mol. The molecule has 0 aliphatic heterocycles. The Morgan fingerprint density at radius 1 is 0.833 bits per heavy atom. The molecule has 0 unspecified atom stereocenters. The van der Waals surface area contributed by atoms with Crippen molar-refractivity contribution in [2.75, 3.05) is 7.05 Å². The molecule has 1 nitrogen and oxygen atoms in total. The molecule has 1 heteroatoms. The van der Waals surface area contributed by atoms with Crippen molar-refractivity contribution in [2.24, 2.45) is 0 Å². The Hall–Kier alpha value is -1.60. The number of hydrogen-bond donors (Lipinski definition) is 1. The van der Waals surface area contributed by atoms with Crippen LogP contribution in [0.4, 0.5) is 0 Å². The van der Waals surface area contributed by atoms with E-state index >= 15 is 0 Å². The molecule has 1 N–H and O–H groups in total. The summed E-state index contributed by atoms with van der Waals surface area (Å²) in [5.74, 6) is 0. The summed E-state index contributed by atoms with van der Waals surface area (Å²) in [6.45, 7) is 7.39. The van der Waals surface area contributed by atoms with Crippen molar-refractivity contribution in [1.29, 1.82) is 0 Å². The largest absolute Gasteiger partial charge is 0.316 e. The lowest BCUT2D eigenvalue weighted by atomic mass is 9.93. The molecule has 0 aromatic heterocycles. The van der Waals surface area contributed by atoms with Crippen molar-refractivity contribution in [3.63, 3.8) is 0 Å². The third kappa shape index (κ3) is 2.62. The topological polar surface area (TPSA) is 12.0 Å². The van der Waals surface area contributed by atoms with Crippen LogP contribution in [0.2, 0.25) is 0 Å². The molecular formula is C17H21N. The van der Waals surface area contributed by atoms with Crippen molar-refractivity contribution < 1.29 is 0 Å². The molecule has 2 aromatic carbocycles. The van der Waals surface area contributed by atoms with Gasteiger partial charge in [-0.15, -0.1) is 0 Å². The predicted molar refractivity (Wildman–Crippen MR) is 78.9 cm³/mol. The number of hydrogen-bond acceptors (Lipinski definition) is 1. The average Bonchev–Trinajstić information content (AvgIpc) is 2.35. The van der Waals surface area contributed by atoms with Gasteiger partial charge in [0.25, 0.3) is 0 Å². The summed E-state index contributed by atoms with van der Waals surface area (Å²) in [6, 6.07) is 13.4. The van der Waals surface area contributed by atoms with E-state index in [0.29, 0.717) is 0 Å². The monoisotopic (exact) mass is 239 g/mol. The van der Waals surface area contributed by atoms with Gasteiger partial charge in [-0.2, -0.15) is 0 Å². The van der Waals surface area contributed by atoms with Crippen molar-refractivity contribution >= 4 is 0 Å². The van der Waals surface area contributed by atoms with Crippen molar-refractivity contribution in [1.82, 2.24) is 5.32 Å². The lowest BCUT2D eigenvalue weighted by Gasteiger charge is -2.14. The Morgan fingerprint density at radius 3 is 2.11 bits per heavy atom. The first-order chi connectivity index (χ1) is 8.61. The number of aryl methyl sites for hydroxylation is 3. The first-order valence-corrected chi connectivity index (χ1v) is 6.43. The van der Waals surface area contributed by atoms with Crippen LogP contribution in [-0.2, 0) is 6.54 Å². The summed E-state index contributed by atoms with van der Waals surface area (Å²) in [4.78, 5) is 0. The molecule has 0 atom stereocenters. The van der Waals surface area contributed by atoms with Gasteiger partial charge in [-0.1, -0.05) is 47.5 Å². The van der Waals surface area contributed by atoms with E-state index in [4.69, 9.17) is 0 Å². The maximum atomic E-state index is 3.25. The lowest BCUT2D eigenvalue weighted by Crippen LogP contribution is -2.06. The van der Waals surface area contributed by atoms with Crippen molar-refractivity contribution in [3.8, 4) is 11.1 Å². The van der Waals surface area contributed by atoms with Gasteiger partial charge in [-0.05, 0) is 50.1 Å². The average molecular weight is 239 g/mol. The van der Waals surface area contributed by atoms with Gasteiger partial charge in [-0.3, -0.25) is 0 Å². The summed E-state index contributed by atoms with van der Waals surface area (Å²) in [5.41, 5.74) is 8.02. The van der Waals surface area contributed by atoms with Gasteiger partial charge >= 0.3 is 0 Å². The summed E-state index contributed by atoms with van der Waals surface area (Å²) >= 11 is 0. The molecule has 18 heavy (non-hydrogen) atoms. The molecule has 2 rings (SSSR count). The van der Waals surface area contributed by atoms with E-state index in [1.165, 1.54) is 33.4 Å². The predicted octanol–water partition coefficient (Wildman–Crippen LogP) is 4.00. The first kappa shape index (κ1) is 12.8. The minimum absolute atomic E-state index is 0.906. The van der Waals surface area contributed by atoms with Gasteiger partial charge in [-0.25, -0.2) is 0 Å². The molecule has 0 bridgehead atoms. The third-order valence-corrected chi connectivity index (χ3v) is 3.32. The van der Waals surface area contributed by atoms with Crippen LogP contribution in [0.15, 0.2) is 36.4 Å². The van der Waals surface area contributed by atoms with Gasteiger partial charge in [0.05, 0.1) is 0 Å². The summed E-state index contributed by atoms with van der Waals surface area (Å²) < 4.78 is 0. The van der Waals surface area contributed by atoms with Gasteiger partial charge in [0, 0.05) is 6.54 Å². The Balaban J connectivity index is 2.61. The molecule has 0 amide bonds. The summed E-state index contributed by atoms with van der Waals surface area (Å²) in [5, 5.41) is 3.25. The van der Waals surface area contributed by atoms with Crippen LogP contribution < -0.4 is 5.32 Å². The molecule has 0 aliphatic carbocycles. The second-order valence-electron chi connectivity index (χ2n) is 5.01. The molecule has 0 saturated heterocycles. The fourth-order valence-corrected chi connectivity index (χ4v) is 2.31. The molecule has 0 aliphatic rings. The Kier molecular flexibility index (Phi) is 3.83. The zero-order chi connectivity index (χ0) is 13.1. The standard InChI is InChI=1S/C17H21N/c1-12-5-7-14(3)16(9-12)17-10-13(2)6-8-15(17)11-18-4/h5-10,18H,11H2,1-4H3. The smallest absolute Gasteiger partial charge is 0.0208 e. The normalized spacial score (nSPS) is 10.7. The minimum atomic E-state index is 0.906. The molecule has 0 saturated carbocycles. The summed E-state index contributed by atoms with van der Waals surface area (Å²) in [6.07, 6.45) is 0. The molecule has 2 aromatic rings. The van der Waals surface area contributed by atoms with Crippen LogP contribution in [0.5, 0.6) is 0 Å².